The highest BCUT2D eigenvalue weighted by Gasteiger charge is 2.35. The van der Waals surface area contributed by atoms with Crippen LogP contribution in [-0.2, 0) is 0 Å². The molecule has 0 amide bonds. The van der Waals surface area contributed by atoms with Crippen molar-refractivity contribution >= 4 is 145 Å². The number of anilines is 12. The van der Waals surface area contributed by atoms with Gasteiger partial charge in [-0.15, -0.1) is 0 Å². The summed E-state index contributed by atoms with van der Waals surface area (Å²) in [7, 11) is 0. The van der Waals surface area contributed by atoms with Crippen LogP contribution in [0.5, 0.6) is 0 Å². The standard InChI is InChI=1S/C88H78N12/c1-47-21-17-22-48(2)81(47)97(85-55(9)41-67-77(59(85)13)93-37-33-89-67)71-45-72(98(82-49(3)23-18-24-50(82)4)86-56(10)42-68-78(60(86)14)94-38-34-90-68)64-31-32-66-74(100(84-53(7)27-20-28-54(84)8)88-58(12)44-70-80(62(88)16)96-40-36-92-70)46-73(65-30-29-63(71)75(64)76(65)66)99(83-51(5)25-19-26-52(83)6)87-57(11)43-69-79(61(87)15)95-39-35-91-69/h17-46H,1-16H3. The van der Waals surface area contributed by atoms with Crippen LogP contribution in [0.15, 0.2) is 183 Å². The SMILES string of the molecule is Cc1cccc(C)c1N(c1c(C)cc2nccnc2c1C)c1cc(N(c2c(C)cccc2C)c2c(C)cc3nccnc3c2C)c2ccc3c(N(c4c(C)cccc4C)c4c(C)cc5nccnc5c4C)cc(N(c4c(C)cccc4C)c4c(C)cc5nccnc5c4C)c4ccc1c2c43. The van der Waals surface area contributed by atoms with E-state index in [0.29, 0.717) is 0 Å². The smallest absolute Gasteiger partial charge is 0.0936 e. The second kappa shape index (κ2) is 24.1. The normalized spacial score (nSPS) is 11.8. The molecule has 12 heteroatoms. The average Bonchev–Trinajstić information content (AvgIpc) is 0.693. The fourth-order valence-corrected chi connectivity index (χ4v) is 16.8. The van der Waals surface area contributed by atoms with Crippen molar-refractivity contribution in [3.8, 4) is 0 Å². The number of hydrogen-bond acceptors (Lipinski definition) is 12. The van der Waals surface area contributed by atoms with Gasteiger partial charge in [0, 0.05) is 104 Å². The molecule has 4 heterocycles. The largest absolute Gasteiger partial charge is 0.309 e. The van der Waals surface area contributed by atoms with Gasteiger partial charge in [0.2, 0.25) is 0 Å². The van der Waals surface area contributed by atoms with Crippen molar-refractivity contribution in [1.82, 2.24) is 39.9 Å². The number of aryl methyl sites for hydroxylation is 16. The van der Waals surface area contributed by atoms with Crippen molar-refractivity contribution in [2.75, 3.05) is 19.6 Å². The Bertz CT molecular complexity index is 5300. The molecule has 0 radical (unpaired) electrons. The highest BCUT2D eigenvalue weighted by Crippen LogP contribution is 2.59. The van der Waals surface area contributed by atoms with Crippen molar-refractivity contribution in [2.45, 2.75) is 111 Å². The Hall–Kier alpha value is -11.8. The maximum Gasteiger partial charge on any atom is 0.0936 e. The van der Waals surface area contributed by atoms with Gasteiger partial charge >= 0.3 is 0 Å². The summed E-state index contributed by atoms with van der Waals surface area (Å²) in [5, 5.41) is 6.47. The molecule has 0 aliphatic carbocycles. The third kappa shape index (κ3) is 9.69. The Morgan fingerprint density at radius 3 is 0.590 bits per heavy atom. The van der Waals surface area contributed by atoms with Crippen LogP contribution in [0.3, 0.4) is 0 Å². The van der Waals surface area contributed by atoms with E-state index >= 15 is 0 Å². The number of nitrogens with zero attached hydrogens (tertiary/aromatic N) is 12. The first-order chi connectivity index (χ1) is 48.3. The predicted molar refractivity (Wildman–Crippen MR) is 417 cm³/mol. The van der Waals surface area contributed by atoms with Gasteiger partial charge in [-0.25, -0.2) is 0 Å². The van der Waals surface area contributed by atoms with Crippen LogP contribution in [0.1, 0.15) is 89.0 Å². The molecule has 0 saturated carbocycles. The van der Waals surface area contributed by atoms with Crippen LogP contribution in [0.2, 0.25) is 0 Å². The Morgan fingerprint density at radius 1 is 0.200 bits per heavy atom. The van der Waals surface area contributed by atoms with E-state index in [1.54, 1.807) is 24.8 Å². The van der Waals surface area contributed by atoms with Crippen LogP contribution in [0, 0.1) is 111 Å². The monoisotopic (exact) mass is 1300 g/mol. The Morgan fingerprint density at radius 2 is 0.390 bits per heavy atom. The summed E-state index contributed by atoms with van der Waals surface area (Å²) in [5.74, 6) is 0. The number of fused-ring (bicyclic) bond motifs is 4. The second-order valence-corrected chi connectivity index (χ2v) is 27.6. The molecule has 4 aromatic heterocycles. The summed E-state index contributed by atoms with van der Waals surface area (Å²) in [4.78, 5) is 50.5. The van der Waals surface area contributed by atoms with Crippen LogP contribution >= 0.6 is 0 Å². The van der Waals surface area contributed by atoms with Gasteiger partial charge in [0.05, 0.1) is 112 Å². The zero-order valence-corrected chi connectivity index (χ0v) is 59.7. The molecule has 0 fully saturated rings. The van der Waals surface area contributed by atoms with Crippen molar-refractivity contribution in [2.24, 2.45) is 0 Å². The molecule has 12 aromatic carbocycles. The van der Waals surface area contributed by atoms with E-state index < -0.39 is 0 Å². The Kier molecular flexibility index (Phi) is 15.2. The molecule has 0 spiro atoms. The summed E-state index contributed by atoms with van der Waals surface area (Å²) in [6.45, 7) is 35.8. The van der Waals surface area contributed by atoms with Gasteiger partial charge in [0.1, 0.15) is 0 Å². The minimum atomic E-state index is 0.847. The van der Waals surface area contributed by atoms with Crippen LogP contribution < -0.4 is 19.6 Å². The highest BCUT2D eigenvalue weighted by atomic mass is 15.2. The lowest BCUT2D eigenvalue weighted by Gasteiger charge is -2.38. The second-order valence-electron chi connectivity index (χ2n) is 27.6. The van der Waals surface area contributed by atoms with Gasteiger partial charge in [0.25, 0.3) is 0 Å². The van der Waals surface area contributed by atoms with Crippen molar-refractivity contribution in [3.05, 3.63) is 272 Å². The van der Waals surface area contributed by atoms with Crippen molar-refractivity contribution in [1.29, 1.82) is 0 Å². The molecule has 0 bridgehead atoms. The minimum Gasteiger partial charge on any atom is -0.309 e. The highest BCUT2D eigenvalue weighted by molar-refractivity contribution is 6.33. The summed E-state index contributed by atoms with van der Waals surface area (Å²) in [5.41, 5.74) is 36.7. The van der Waals surface area contributed by atoms with Crippen molar-refractivity contribution in [3.63, 3.8) is 0 Å². The molecule has 100 heavy (non-hydrogen) atoms. The molecule has 16 rings (SSSR count). The van der Waals surface area contributed by atoms with Gasteiger partial charge < -0.3 is 19.6 Å². The number of benzene rings is 12. The molecule has 0 saturated heterocycles. The summed E-state index contributed by atoms with van der Waals surface area (Å²) < 4.78 is 0. The molecule has 0 atom stereocenters. The molecular weight excluding hydrogens is 1230 g/mol. The fourth-order valence-electron chi connectivity index (χ4n) is 16.8. The maximum atomic E-state index is 5.12. The first-order valence-electron chi connectivity index (χ1n) is 34.4. The topological polar surface area (TPSA) is 116 Å². The Balaban J connectivity index is 1.18. The first-order valence-corrected chi connectivity index (χ1v) is 34.4. The number of aromatic nitrogens is 8. The average molecular weight is 1300 g/mol. The molecular formula is C88H78N12. The van der Waals surface area contributed by atoms with E-state index in [4.69, 9.17) is 39.9 Å². The van der Waals surface area contributed by atoms with E-state index in [0.717, 1.165) is 234 Å². The minimum absolute atomic E-state index is 0.847. The Labute approximate surface area is 583 Å². The summed E-state index contributed by atoms with van der Waals surface area (Å²) in [6, 6.07) is 50.1. The lowest BCUT2D eigenvalue weighted by molar-refractivity contribution is 1.16. The third-order valence-corrected chi connectivity index (χ3v) is 21.0. The molecule has 490 valence electrons. The molecule has 0 unspecified atom stereocenters. The van der Waals surface area contributed by atoms with Crippen LogP contribution in [0.25, 0.3) is 76.5 Å². The fraction of sp³-hybridized carbons (Fsp3) is 0.182. The first kappa shape index (κ1) is 63.0. The van der Waals surface area contributed by atoms with E-state index in [9.17, 15) is 0 Å². The van der Waals surface area contributed by atoms with E-state index in [1.807, 2.05) is 24.8 Å². The van der Waals surface area contributed by atoms with E-state index in [1.165, 1.54) is 0 Å². The summed E-state index contributed by atoms with van der Waals surface area (Å²) in [6.07, 6.45) is 14.4. The maximum absolute atomic E-state index is 5.12. The third-order valence-electron chi connectivity index (χ3n) is 21.0. The van der Waals surface area contributed by atoms with Gasteiger partial charge in [-0.1, -0.05) is 97.1 Å². The number of rotatable bonds is 12. The number of hydrogen-bond donors (Lipinski definition) is 0. The van der Waals surface area contributed by atoms with Gasteiger partial charge in [0.15, 0.2) is 0 Å². The van der Waals surface area contributed by atoms with E-state index in [-0.39, 0.29) is 0 Å². The van der Waals surface area contributed by atoms with Gasteiger partial charge in [-0.05, 0) is 214 Å². The molecule has 0 aliphatic rings. The van der Waals surface area contributed by atoms with Gasteiger partial charge in [-0.2, -0.15) is 0 Å². The summed E-state index contributed by atoms with van der Waals surface area (Å²) >= 11 is 0. The quantitative estimate of drug-likeness (QED) is 0.108. The zero-order chi connectivity index (χ0) is 69.4. The van der Waals surface area contributed by atoms with Crippen molar-refractivity contribution < 1.29 is 0 Å². The van der Waals surface area contributed by atoms with Crippen LogP contribution in [0.4, 0.5) is 68.2 Å². The lowest BCUT2D eigenvalue weighted by atomic mass is 9.87. The lowest BCUT2D eigenvalue weighted by Crippen LogP contribution is -2.20. The zero-order valence-electron chi connectivity index (χ0n) is 59.7. The van der Waals surface area contributed by atoms with Gasteiger partial charge in [-0.3, -0.25) is 39.9 Å². The number of para-hydroxylation sites is 4. The predicted octanol–water partition coefficient (Wildman–Crippen LogP) is 23.2. The molecule has 16 aromatic rings. The van der Waals surface area contributed by atoms with Crippen LogP contribution in [-0.4, -0.2) is 39.9 Å². The molecule has 0 aliphatic heterocycles. The molecule has 12 nitrogen and oxygen atoms in total. The molecule has 0 N–H and O–H groups in total. The van der Waals surface area contributed by atoms with E-state index in [2.05, 4.69) is 264 Å².